The number of hydrogen-bond donors (Lipinski definition) is 2. The monoisotopic (exact) mass is 525 g/mol. The number of halogens is 3. The molecule has 0 radical (unpaired) electrons. The molecule has 0 saturated carbocycles. The number of guanidine groups is 1. The molecule has 1 heterocycles. The molecule has 164 valence electrons. The first-order chi connectivity index (χ1) is 13.3. The van der Waals surface area contributed by atoms with Crippen molar-refractivity contribution < 1.29 is 18.3 Å². The highest BCUT2D eigenvalue weighted by molar-refractivity contribution is 14.0. The van der Waals surface area contributed by atoms with Gasteiger partial charge in [-0.05, 0) is 46.0 Å². The lowest BCUT2D eigenvalue weighted by molar-refractivity contribution is 0.0963. The molecule has 2 rings (SSSR count). The Morgan fingerprint density at radius 2 is 1.93 bits per heavy atom. The van der Waals surface area contributed by atoms with Gasteiger partial charge in [0.25, 0.3) is 0 Å². The molecule has 1 saturated heterocycles. The van der Waals surface area contributed by atoms with E-state index in [0.29, 0.717) is 32.5 Å². The van der Waals surface area contributed by atoms with Crippen molar-refractivity contribution in [2.24, 2.45) is 10.7 Å². The molecule has 1 amide bonds. The Balaban J connectivity index is 0.00000420. The Kier molecular flexibility index (Phi) is 10.6. The predicted molar refractivity (Wildman–Crippen MR) is 119 cm³/mol. The van der Waals surface area contributed by atoms with Gasteiger partial charge in [0.05, 0.1) is 19.2 Å². The van der Waals surface area contributed by atoms with Crippen LogP contribution < -0.4 is 11.1 Å². The SMILES string of the molecule is CCOC(=O)N1CCC(NC(N)=NCC(c2c(F)cccc2F)N(C)C)CC1.I. The molecule has 1 aliphatic heterocycles. The van der Waals surface area contributed by atoms with Crippen molar-refractivity contribution in [1.82, 2.24) is 15.1 Å². The van der Waals surface area contributed by atoms with Gasteiger partial charge in [0.15, 0.2) is 5.96 Å². The van der Waals surface area contributed by atoms with Gasteiger partial charge >= 0.3 is 6.09 Å². The highest BCUT2D eigenvalue weighted by Crippen LogP contribution is 2.24. The third kappa shape index (κ3) is 7.25. The number of rotatable bonds is 6. The van der Waals surface area contributed by atoms with E-state index in [4.69, 9.17) is 10.5 Å². The van der Waals surface area contributed by atoms with Crippen LogP contribution in [0.2, 0.25) is 0 Å². The lowest BCUT2D eigenvalue weighted by Gasteiger charge is -2.32. The number of ether oxygens (including phenoxy) is 1. The summed E-state index contributed by atoms with van der Waals surface area (Å²) < 4.78 is 33.2. The molecule has 10 heteroatoms. The Hall–Kier alpha value is -1.69. The van der Waals surface area contributed by atoms with Crippen LogP contribution >= 0.6 is 24.0 Å². The third-order valence-corrected chi connectivity index (χ3v) is 4.76. The Morgan fingerprint density at radius 1 is 1.34 bits per heavy atom. The summed E-state index contributed by atoms with van der Waals surface area (Å²) in [5.74, 6) is -0.989. The molecular weight excluding hydrogens is 495 g/mol. The molecule has 7 nitrogen and oxygen atoms in total. The summed E-state index contributed by atoms with van der Waals surface area (Å²) in [5, 5.41) is 3.13. The molecule has 0 spiro atoms. The van der Waals surface area contributed by atoms with Crippen LogP contribution in [0.15, 0.2) is 23.2 Å². The number of likely N-dealkylation sites (N-methyl/N-ethyl adjacent to an activating group) is 1. The second-order valence-electron chi connectivity index (χ2n) is 6.95. The van der Waals surface area contributed by atoms with Crippen molar-refractivity contribution in [1.29, 1.82) is 0 Å². The maximum Gasteiger partial charge on any atom is 0.409 e. The van der Waals surface area contributed by atoms with E-state index in [0.717, 1.165) is 0 Å². The zero-order valence-corrected chi connectivity index (χ0v) is 19.4. The second kappa shape index (κ2) is 12.1. The fraction of sp³-hybridized carbons (Fsp3) is 0.579. The lowest BCUT2D eigenvalue weighted by Crippen LogP contribution is -2.48. The fourth-order valence-electron chi connectivity index (χ4n) is 3.20. The first-order valence-corrected chi connectivity index (χ1v) is 9.42. The van der Waals surface area contributed by atoms with Crippen molar-refractivity contribution in [3.8, 4) is 0 Å². The molecular formula is C19H30F2IN5O2. The van der Waals surface area contributed by atoms with E-state index in [9.17, 15) is 13.6 Å². The molecule has 0 bridgehead atoms. The zero-order chi connectivity index (χ0) is 20.7. The molecule has 1 unspecified atom stereocenters. The number of nitrogens with two attached hydrogens (primary N) is 1. The highest BCUT2D eigenvalue weighted by atomic mass is 127. The Morgan fingerprint density at radius 3 is 2.45 bits per heavy atom. The van der Waals surface area contributed by atoms with E-state index in [1.165, 1.54) is 18.2 Å². The van der Waals surface area contributed by atoms with Crippen LogP contribution in [0.3, 0.4) is 0 Å². The van der Waals surface area contributed by atoms with Gasteiger partial charge in [0.2, 0.25) is 0 Å². The predicted octanol–water partition coefficient (Wildman–Crippen LogP) is 2.71. The van der Waals surface area contributed by atoms with Crippen molar-refractivity contribution in [3.05, 3.63) is 35.4 Å². The van der Waals surface area contributed by atoms with Crippen LogP contribution in [0.5, 0.6) is 0 Å². The number of carbonyl (C=O) groups is 1. The molecule has 29 heavy (non-hydrogen) atoms. The number of carbonyl (C=O) groups excluding carboxylic acids is 1. The van der Waals surface area contributed by atoms with Crippen LogP contribution in [-0.2, 0) is 4.74 Å². The van der Waals surface area contributed by atoms with Gasteiger partial charge in [0.1, 0.15) is 11.6 Å². The van der Waals surface area contributed by atoms with E-state index in [-0.39, 0.29) is 54.2 Å². The van der Waals surface area contributed by atoms with Crippen LogP contribution in [0.1, 0.15) is 31.4 Å². The largest absolute Gasteiger partial charge is 0.450 e. The van der Waals surface area contributed by atoms with Gasteiger partial charge in [0, 0.05) is 24.7 Å². The lowest BCUT2D eigenvalue weighted by atomic mass is 10.0. The number of likely N-dealkylation sites (tertiary alicyclic amines) is 1. The van der Waals surface area contributed by atoms with Crippen molar-refractivity contribution in [3.63, 3.8) is 0 Å². The maximum absolute atomic E-state index is 14.1. The fourth-order valence-corrected chi connectivity index (χ4v) is 3.20. The zero-order valence-electron chi connectivity index (χ0n) is 17.0. The summed E-state index contributed by atoms with van der Waals surface area (Å²) in [6, 6.07) is 3.31. The summed E-state index contributed by atoms with van der Waals surface area (Å²) >= 11 is 0. The van der Waals surface area contributed by atoms with E-state index < -0.39 is 17.7 Å². The third-order valence-electron chi connectivity index (χ3n) is 4.76. The number of nitrogens with zero attached hydrogens (tertiary/aromatic N) is 3. The van der Waals surface area contributed by atoms with E-state index in [1.54, 1.807) is 30.8 Å². The van der Waals surface area contributed by atoms with Crippen LogP contribution in [0, 0.1) is 11.6 Å². The highest BCUT2D eigenvalue weighted by Gasteiger charge is 2.25. The first kappa shape index (κ1) is 25.3. The summed E-state index contributed by atoms with van der Waals surface area (Å²) in [7, 11) is 3.47. The summed E-state index contributed by atoms with van der Waals surface area (Å²) in [4.78, 5) is 19.4. The number of benzene rings is 1. The molecule has 3 N–H and O–H groups in total. The van der Waals surface area contributed by atoms with Crippen LogP contribution in [0.25, 0.3) is 0 Å². The number of hydrogen-bond acceptors (Lipinski definition) is 4. The topological polar surface area (TPSA) is 83.2 Å². The standard InChI is InChI=1S/C19H29F2N5O2.HI/c1-4-28-19(27)26-10-8-13(9-11-26)24-18(22)23-12-16(25(2)3)17-14(20)6-5-7-15(17)21;/h5-7,13,16H,4,8-12H2,1-3H3,(H3,22,23,24);1H. The van der Waals surface area contributed by atoms with Gasteiger partial charge in [-0.2, -0.15) is 0 Å². The summed E-state index contributed by atoms with van der Waals surface area (Å²) in [5.41, 5.74) is 5.96. The van der Waals surface area contributed by atoms with E-state index in [1.807, 2.05) is 0 Å². The average molecular weight is 525 g/mol. The second-order valence-corrected chi connectivity index (χ2v) is 6.95. The van der Waals surface area contributed by atoms with Gasteiger partial charge in [-0.15, -0.1) is 24.0 Å². The van der Waals surface area contributed by atoms with Crippen LogP contribution in [0.4, 0.5) is 13.6 Å². The minimum Gasteiger partial charge on any atom is -0.450 e. The molecule has 0 aromatic heterocycles. The van der Waals surface area contributed by atoms with Crippen LogP contribution in [-0.4, -0.2) is 68.2 Å². The molecule has 1 atom stereocenters. The quantitative estimate of drug-likeness (QED) is 0.339. The first-order valence-electron chi connectivity index (χ1n) is 9.42. The minimum absolute atomic E-state index is 0. The number of nitrogens with one attached hydrogen (secondary N) is 1. The van der Waals surface area contributed by atoms with Gasteiger partial charge in [-0.25, -0.2) is 13.6 Å². The molecule has 1 aliphatic rings. The number of aliphatic imine (C=N–C) groups is 1. The number of amides is 1. The number of piperidine rings is 1. The molecule has 1 fully saturated rings. The van der Waals surface area contributed by atoms with Crippen molar-refractivity contribution in [2.75, 3.05) is 40.3 Å². The summed E-state index contributed by atoms with van der Waals surface area (Å²) in [6.07, 6.45) is 1.13. The normalized spacial score (nSPS) is 16.3. The van der Waals surface area contributed by atoms with Gasteiger partial charge < -0.3 is 25.6 Å². The maximum atomic E-state index is 14.1. The average Bonchev–Trinajstić information content (AvgIpc) is 2.64. The molecule has 0 aliphatic carbocycles. The van der Waals surface area contributed by atoms with Crippen molar-refractivity contribution >= 4 is 36.0 Å². The van der Waals surface area contributed by atoms with E-state index >= 15 is 0 Å². The Labute approximate surface area is 187 Å². The minimum atomic E-state index is -0.605. The Bertz CT molecular complexity index is 677. The van der Waals surface area contributed by atoms with Crippen molar-refractivity contribution in [2.45, 2.75) is 31.8 Å². The smallest absolute Gasteiger partial charge is 0.409 e. The van der Waals surface area contributed by atoms with Gasteiger partial charge in [-0.1, -0.05) is 6.07 Å². The molecule has 1 aromatic rings. The molecule has 1 aromatic carbocycles. The van der Waals surface area contributed by atoms with Gasteiger partial charge in [-0.3, -0.25) is 4.99 Å². The van der Waals surface area contributed by atoms with E-state index in [2.05, 4.69) is 10.3 Å². The summed E-state index contributed by atoms with van der Waals surface area (Å²) in [6.45, 7) is 3.39.